The molecule has 0 saturated carbocycles. The quantitative estimate of drug-likeness (QED) is 0.239. The number of benzene rings is 1. The van der Waals surface area contributed by atoms with Gasteiger partial charge in [0.1, 0.15) is 11.5 Å². The summed E-state index contributed by atoms with van der Waals surface area (Å²) in [5, 5.41) is 7.09. The Hall–Kier alpha value is -1.64. The lowest BCUT2D eigenvalue weighted by atomic mass is 9.97. The maximum Gasteiger partial charge on any atom is 0.191 e. The second-order valence-corrected chi connectivity index (χ2v) is 7.83. The Kier molecular flexibility index (Phi) is 10.6. The SMILES string of the molecule is CN=C(NCCC1=CCCCC1)NC1CCN(c2cc(OC)cc(OC)c2)CC1.I. The van der Waals surface area contributed by atoms with Gasteiger partial charge in [0, 0.05) is 56.6 Å². The Morgan fingerprint density at radius 3 is 2.37 bits per heavy atom. The summed E-state index contributed by atoms with van der Waals surface area (Å²) >= 11 is 0. The van der Waals surface area contributed by atoms with Crippen LogP contribution in [0.1, 0.15) is 44.9 Å². The van der Waals surface area contributed by atoms with E-state index in [0.717, 1.165) is 62.0 Å². The molecule has 1 aromatic carbocycles. The van der Waals surface area contributed by atoms with Crippen LogP contribution < -0.4 is 25.0 Å². The molecule has 0 unspecified atom stereocenters. The molecule has 6 nitrogen and oxygen atoms in total. The highest BCUT2D eigenvalue weighted by Crippen LogP contribution is 2.30. The number of halogens is 1. The average Bonchev–Trinajstić information content (AvgIpc) is 2.79. The highest BCUT2D eigenvalue weighted by atomic mass is 127. The molecule has 1 aliphatic heterocycles. The summed E-state index contributed by atoms with van der Waals surface area (Å²) in [7, 11) is 5.24. The number of nitrogens with one attached hydrogen (secondary N) is 2. The van der Waals surface area contributed by atoms with Gasteiger partial charge < -0.3 is 25.0 Å². The Bertz CT molecular complexity index is 693. The molecule has 1 heterocycles. The van der Waals surface area contributed by atoms with Crippen LogP contribution in [0, 0.1) is 0 Å². The first-order valence-corrected chi connectivity index (χ1v) is 10.8. The molecule has 0 bridgehead atoms. The molecule has 2 N–H and O–H groups in total. The van der Waals surface area contributed by atoms with Crippen molar-refractivity contribution in [3.63, 3.8) is 0 Å². The number of anilines is 1. The number of allylic oxidation sites excluding steroid dienone is 1. The summed E-state index contributed by atoms with van der Waals surface area (Å²) in [5.74, 6) is 2.58. The third-order valence-corrected chi connectivity index (χ3v) is 5.88. The summed E-state index contributed by atoms with van der Waals surface area (Å²) in [5.41, 5.74) is 2.75. The molecule has 1 aliphatic carbocycles. The van der Waals surface area contributed by atoms with E-state index < -0.39 is 0 Å². The van der Waals surface area contributed by atoms with Gasteiger partial charge in [-0.2, -0.15) is 0 Å². The van der Waals surface area contributed by atoms with Gasteiger partial charge in [-0.25, -0.2) is 0 Å². The first-order chi connectivity index (χ1) is 14.2. The molecule has 0 spiro atoms. The molecule has 30 heavy (non-hydrogen) atoms. The standard InChI is InChI=1S/C23H36N4O2.HI/c1-24-23(25-12-9-18-7-5-4-6-8-18)26-19-10-13-27(14-11-19)20-15-21(28-2)17-22(16-20)29-3;/h7,15-17,19H,4-6,8-14H2,1-3H3,(H2,24,25,26);1H. The number of methoxy groups -OCH3 is 2. The van der Waals surface area contributed by atoms with Crippen LogP contribution in [0.5, 0.6) is 11.5 Å². The zero-order valence-corrected chi connectivity index (χ0v) is 20.9. The van der Waals surface area contributed by atoms with Crippen LogP contribution in [0.4, 0.5) is 5.69 Å². The van der Waals surface area contributed by atoms with Crippen LogP contribution in [0.2, 0.25) is 0 Å². The minimum absolute atomic E-state index is 0. The Morgan fingerprint density at radius 1 is 1.10 bits per heavy atom. The minimum Gasteiger partial charge on any atom is -0.497 e. The van der Waals surface area contributed by atoms with Crippen LogP contribution >= 0.6 is 24.0 Å². The number of piperidine rings is 1. The summed E-state index contributed by atoms with van der Waals surface area (Å²) in [6.07, 6.45) is 10.9. The van der Waals surface area contributed by atoms with E-state index in [1.165, 1.54) is 25.7 Å². The zero-order valence-electron chi connectivity index (χ0n) is 18.6. The van der Waals surface area contributed by atoms with Crippen molar-refractivity contribution >= 4 is 35.6 Å². The van der Waals surface area contributed by atoms with E-state index in [4.69, 9.17) is 9.47 Å². The van der Waals surface area contributed by atoms with Gasteiger partial charge in [0.15, 0.2) is 5.96 Å². The predicted molar refractivity (Wildman–Crippen MR) is 136 cm³/mol. The van der Waals surface area contributed by atoms with Crippen molar-refractivity contribution in [2.24, 2.45) is 4.99 Å². The lowest BCUT2D eigenvalue weighted by Crippen LogP contribution is -2.49. The van der Waals surface area contributed by atoms with Crippen molar-refractivity contribution in [3.05, 3.63) is 29.8 Å². The van der Waals surface area contributed by atoms with Crippen molar-refractivity contribution in [3.8, 4) is 11.5 Å². The summed E-state index contributed by atoms with van der Waals surface area (Å²) in [6, 6.07) is 6.52. The van der Waals surface area contributed by atoms with E-state index in [9.17, 15) is 0 Å². The molecule has 0 atom stereocenters. The maximum absolute atomic E-state index is 5.41. The fourth-order valence-electron chi connectivity index (χ4n) is 4.12. The Balaban J connectivity index is 0.00000320. The number of guanidine groups is 1. The van der Waals surface area contributed by atoms with Crippen LogP contribution in [0.15, 0.2) is 34.8 Å². The zero-order chi connectivity index (χ0) is 20.5. The summed E-state index contributed by atoms with van der Waals surface area (Å²) < 4.78 is 10.8. The van der Waals surface area contributed by atoms with Crippen LogP contribution in [0.3, 0.4) is 0 Å². The Morgan fingerprint density at radius 2 is 1.80 bits per heavy atom. The van der Waals surface area contributed by atoms with Gasteiger partial charge in [-0.05, 0) is 44.9 Å². The van der Waals surface area contributed by atoms with E-state index in [-0.39, 0.29) is 24.0 Å². The van der Waals surface area contributed by atoms with Gasteiger partial charge in [0.25, 0.3) is 0 Å². The molecule has 3 rings (SSSR count). The number of nitrogens with zero attached hydrogens (tertiary/aromatic N) is 2. The van der Waals surface area contributed by atoms with E-state index in [0.29, 0.717) is 6.04 Å². The average molecular weight is 528 g/mol. The van der Waals surface area contributed by atoms with E-state index in [1.807, 2.05) is 13.1 Å². The number of rotatable bonds is 7. The van der Waals surface area contributed by atoms with Crippen LogP contribution in [-0.2, 0) is 0 Å². The van der Waals surface area contributed by atoms with Gasteiger partial charge in [-0.15, -0.1) is 24.0 Å². The van der Waals surface area contributed by atoms with Crippen molar-refractivity contribution < 1.29 is 9.47 Å². The third kappa shape index (κ3) is 7.25. The molecular weight excluding hydrogens is 491 g/mol. The molecule has 1 aromatic rings. The number of aliphatic imine (C=N–C) groups is 1. The first-order valence-electron chi connectivity index (χ1n) is 10.8. The van der Waals surface area contributed by atoms with Crippen LogP contribution in [-0.4, -0.2) is 52.9 Å². The Labute approximate surface area is 198 Å². The van der Waals surface area contributed by atoms with Gasteiger partial charge in [0.2, 0.25) is 0 Å². The maximum atomic E-state index is 5.41. The van der Waals surface area contributed by atoms with Crippen molar-refractivity contribution in [1.29, 1.82) is 0 Å². The van der Waals surface area contributed by atoms with E-state index in [1.54, 1.807) is 19.8 Å². The molecule has 0 amide bonds. The number of hydrogen-bond acceptors (Lipinski definition) is 4. The second kappa shape index (κ2) is 12.9. The van der Waals surface area contributed by atoms with Gasteiger partial charge >= 0.3 is 0 Å². The topological polar surface area (TPSA) is 58.1 Å². The highest BCUT2D eigenvalue weighted by Gasteiger charge is 2.21. The molecule has 0 aromatic heterocycles. The van der Waals surface area contributed by atoms with Crippen molar-refractivity contribution in [1.82, 2.24) is 10.6 Å². The molecule has 1 fully saturated rings. The van der Waals surface area contributed by atoms with Crippen molar-refractivity contribution in [2.75, 3.05) is 45.8 Å². The lowest BCUT2D eigenvalue weighted by molar-refractivity contribution is 0.393. The molecule has 1 saturated heterocycles. The van der Waals surface area contributed by atoms with Crippen LogP contribution in [0.25, 0.3) is 0 Å². The summed E-state index contributed by atoms with van der Waals surface area (Å²) in [6.45, 7) is 2.95. The molecule has 7 heteroatoms. The molecular formula is C23H37IN4O2. The van der Waals surface area contributed by atoms with Gasteiger partial charge in [0.05, 0.1) is 14.2 Å². The fraction of sp³-hybridized carbons (Fsp3) is 0.609. The second-order valence-electron chi connectivity index (χ2n) is 7.83. The summed E-state index contributed by atoms with van der Waals surface area (Å²) in [4.78, 5) is 6.81. The van der Waals surface area contributed by atoms with E-state index >= 15 is 0 Å². The fourth-order valence-corrected chi connectivity index (χ4v) is 4.12. The van der Waals surface area contributed by atoms with Crippen molar-refractivity contribution in [2.45, 2.75) is 51.0 Å². The minimum atomic E-state index is 0. The lowest BCUT2D eigenvalue weighted by Gasteiger charge is -2.34. The van der Waals surface area contributed by atoms with Gasteiger partial charge in [-0.1, -0.05) is 11.6 Å². The molecule has 2 aliphatic rings. The molecule has 0 radical (unpaired) electrons. The monoisotopic (exact) mass is 528 g/mol. The number of ether oxygens (including phenoxy) is 2. The normalized spacial score (nSPS) is 17.6. The predicted octanol–water partition coefficient (Wildman–Crippen LogP) is 4.35. The largest absolute Gasteiger partial charge is 0.497 e. The third-order valence-electron chi connectivity index (χ3n) is 5.88. The highest BCUT2D eigenvalue weighted by molar-refractivity contribution is 14.0. The first kappa shape index (κ1) is 24.6. The number of hydrogen-bond donors (Lipinski definition) is 2. The van der Waals surface area contributed by atoms with Gasteiger partial charge in [-0.3, -0.25) is 4.99 Å². The van der Waals surface area contributed by atoms with E-state index in [2.05, 4.69) is 38.7 Å². The molecule has 168 valence electrons. The smallest absolute Gasteiger partial charge is 0.191 e.